The molecule has 2 aromatic carbocycles. The van der Waals surface area contributed by atoms with Crippen LogP contribution >= 0.6 is 0 Å². The van der Waals surface area contributed by atoms with E-state index in [9.17, 15) is 9.90 Å². The lowest BCUT2D eigenvalue weighted by atomic mass is 10.1. The molecule has 0 saturated carbocycles. The number of carbonyl (C=O) groups excluding carboxylic acids is 1. The zero-order valence-corrected chi connectivity index (χ0v) is 11.6. The minimum absolute atomic E-state index is 0.0730. The fourth-order valence-corrected chi connectivity index (χ4v) is 2.41. The molecule has 0 aromatic heterocycles. The van der Waals surface area contributed by atoms with Crippen molar-refractivity contribution in [3.63, 3.8) is 0 Å². The summed E-state index contributed by atoms with van der Waals surface area (Å²) in [4.78, 5) is 12.3. The molecule has 2 aromatic rings. The second kappa shape index (κ2) is 5.36. The van der Waals surface area contributed by atoms with Gasteiger partial charge in [0.05, 0.1) is 12.7 Å². The zero-order valence-electron chi connectivity index (χ0n) is 11.6. The Kier molecular flexibility index (Phi) is 3.39. The first-order chi connectivity index (χ1) is 10.2. The third kappa shape index (κ3) is 2.63. The van der Waals surface area contributed by atoms with Gasteiger partial charge in [-0.15, -0.1) is 0 Å². The summed E-state index contributed by atoms with van der Waals surface area (Å²) < 4.78 is 5.07. The minimum atomic E-state index is -0.364. The highest BCUT2D eigenvalue weighted by Crippen LogP contribution is 2.27. The van der Waals surface area contributed by atoms with Gasteiger partial charge < -0.3 is 20.5 Å². The largest absolute Gasteiger partial charge is 0.507 e. The fraction of sp³-hybridized carbons (Fsp3) is 0.188. The SMILES string of the molecule is COc1ccc(O)c(C(=O)Nc2ccc3c(c2)CCN3)c1. The Morgan fingerprint density at radius 1 is 1.29 bits per heavy atom. The Balaban J connectivity index is 1.83. The number of phenolic OH excluding ortho intramolecular Hbond substituents is 1. The molecule has 0 spiro atoms. The van der Waals surface area contributed by atoms with Crippen LogP contribution in [0.5, 0.6) is 11.5 Å². The highest BCUT2D eigenvalue weighted by atomic mass is 16.5. The Bertz CT molecular complexity index is 698. The average molecular weight is 284 g/mol. The monoisotopic (exact) mass is 284 g/mol. The van der Waals surface area contributed by atoms with Gasteiger partial charge in [0.1, 0.15) is 11.5 Å². The maximum atomic E-state index is 12.3. The summed E-state index contributed by atoms with van der Waals surface area (Å²) in [5, 5.41) is 15.9. The van der Waals surface area contributed by atoms with Gasteiger partial charge in [-0.05, 0) is 48.4 Å². The number of methoxy groups -OCH3 is 1. The standard InChI is InChI=1S/C16H16N2O3/c1-21-12-3-5-15(19)13(9-12)16(20)18-11-2-4-14-10(8-11)6-7-17-14/h2-5,8-9,17,19H,6-7H2,1H3,(H,18,20). The normalized spacial score (nSPS) is 12.4. The van der Waals surface area contributed by atoms with Gasteiger partial charge in [-0.25, -0.2) is 0 Å². The van der Waals surface area contributed by atoms with Crippen molar-refractivity contribution in [3.8, 4) is 11.5 Å². The van der Waals surface area contributed by atoms with Crippen LogP contribution in [0.4, 0.5) is 11.4 Å². The molecule has 0 bridgehead atoms. The molecule has 0 radical (unpaired) electrons. The number of aromatic hydroxyl groups is 1. The summed E-state index contributed by atoms with van der Waals surface area (Å²) in [6, 6.07) is 10.3. The molecule has 5 heteroatoms. The van der Waals surface area contributed by atoms with Crippen LogP contribution in [0.3, 0.4) is 0 Å². The number of hydrogen-bond donors (Lipinski definition) is 3. The second-order valence-electron chi connectivity index (χ2n) is 4.89. The van der Waals surface area contributed by atoms with E-state index in [4.69, 9.17) is 4.74 Å². The maximum Gasteiger partial charge on any atom is 0.259 e. The lowest BCUT2D eigenvalue weighted by Crippen LogP contribution is -2.12. The summed E-state index contributed by atoms with van der Waals surface area (Å²) >= 11 is 0. The van der Waals surface area contributed by atoms with Crippen molar-refractivity contribution in [2.45, 2.75) is 6.42 Å². The van der Waals surface area contributed by atoms with E-state index in [1.807, 2.05) is 18.2 Å². The Morgan fingerprint density at radius 3 is 2.95 bits per heavy atom. The number of rotatable bonds is 3. The van der Waals surface area contributed by atoms with Crippen molar-refractivity contribution in [1.29, 1.82) is 0 Å². The van der Waals surface area contributed by atoms with E-state index < -0.39 is 0 Å². The molecule has 1 heterocycles. The number of ether oxygens (including phenoxy) is 1. The predicted octanol–water partition coefficient (Wildman–Crippen LogP) is 2.62. The summed E-state index contributed by atoms with van der Waals surface area (Å²) in [5.41, 5.74) is 3.19. The van der Waals surface area contributed by atoms with Crippen molar-refractivity contribution in [2.75, 3.05) is 24.3 Å². The Labute approximate surface area is 122 Å². The fourth-order valence-electron chi connectivity index (χ4n) is 2.41. The highest BCUT2D eigenvalue weighted by Gasteiger charge is 2.15. The van der Waals surface area contributed by atoms with Gasteiger partial charge in [-0.3, -0.25) is 4.79 Å². The average Bonchev–Trinajstić information content (AvgIpc) is 2.95. The molecular formula is C16H16N2O3. The number of carbonyl (C=O) groups is 1. The topological polar surface area (TPSA) is 70.6 Å². The smallest absolute Gasteiger partial charge is 0.259 e. The van der Waals surface area contributed by atoms with E-state index in [0.29, 0.717) is 11.4 Å². The zero-order chi connectivity index (χ0) is 14.8. The number of hydrogen-bond acceptors (Lipinski definition) is 4. The van der Waals surface area contributed by atoms with Crippen molar-refractivity contribution in [1.82, 2.24) is 0 Å². The molecule has 5 nitrogen and oxygen atoms in total. The van der Waals surface area contributed by atoms with Gasteiger partial charge in [0.2, 0.25) is 0 Å². The predicted molar refractivity (Wildman–Crippen MR) is 81.2 cm³/mol. The number of phenols is 1. The number of anilines is 2. The van der Waals surface area contributed by atoms with E-state index in [1.54, 1.807) is 6.07 Å². The van der Waals surface area contributed by atoms with Gasteiger partial charge in [0.15, 0.2) is 0 Å². The molecule has 0 atom stereocenters. The van der Waals surface area contributed by atoms with Crippen LogP contribution in [-0.2, 0) is 6.42 Å². The van der Waals surface area contributed by atoms with Crippen LogP contribution in [0.2, 0.25) is 0 Å². The lowest BCUT2D eigenvalue weighted by Gasteiger charge is -2.09. The molecule has 0 unspecified atom stereocenters. The van der Waals surface area contributed by atoms with Gasteiger partial charge in [-0.2, -0.15) is 0 Å². The summed E-state index contributed by atoms with van der Waals surface area (Å²) in [5.74, 6) is 0.0875. The van der Waals surface area contributed by atoms with Crippen LogP contribution in [0.15, 0.2) is 36.4 Å². The minimum Gasteiger partial charge on any atom is -0.507 e. The Hall–Kier alpha value is -2.69. The third-order valence-electron chi connectivity index (χ3n) is 3.52. The van der Waals surface area contributed by atoms with Crippen molar-refractivity contribution in [3.05, 3.63) is 47.5 Å². The van der Waals surface area contributed by atoms with Crippen LogP contribution in [0.25, 0.3) is 0 Å². The molecule has 0 saturated heterocycles. The summed E-state index contributed by atoms with van der Waals surface area (Å²) in [7, 11) is 1.52. The van der Waals surface area contributed by atoms with Crippen molar-refractivity contribution < 1.29 is 14.6 Å². The molecule has 3 N–H and O–H groups in total. The summed E-state index contributed by atoms with van der Waals surface area (Å²) in [6.45, 7) is 0.920. The third-order valence-corrected chi connectivity index (χ3v) is 3.52. The van der Waals surface area contributed by atoms with Crippen molar-refractivity contribution >= 4 is 17.3 Å². The molecule has 3 rings (SSSR count). The summed E-state index contributed by atoms with van der Waals surface area (Å²) in [6.07, 6.45) is 0.948. The molecule has 1 aliphatic rings. The Morgan fingerprint density at radius 2 is 2.14 bits per heavy atom. The number of nitrogens with one attached hydrogen (secondary N) is 2. The molecular weight excluding hydrogens is 268 g/mol. The number of amides is 1. The molecule has 0 aliphatic carbocycles. The molecule has 1 amide bonds. The molecule has 1 aliphatic heterocycles. The first kappa shape index (κ1) is 13.3. The van der Waals surface area contributed by atoms with Gasteiger partial charge >= 0.3 is 0 Å². The van der Waals surface area contributed by atoms with E-state index in [-0.39, 0.29) is 17.2 Å². The van der Waals surface area contributed by atoms with Crippen molar-refractivity contribution in [2.24, 2.45) is 0 Å². The van der Waals surface area contributed by atoms with Crippen LogP contribution in [0, 0.1) is 0 Å². The van der Waals surface area contributed by atoms with Crippen LogP contribution in [0.1, 0.15) is 15.9 Å². The highest BCUT2D eigenvalue weighted by molar-refractivity contribution is 6.06. The first-order valence-corrected chi connectivity index (χ1v) is 6.72. The van der Waals surface area contributed by atoms with E-state index >= 15 is 0 Å². The van der Waals surface area contributed by atoms with Crippen LogP contribution in [-0.4, -0.2) is 24.7 Å². The molecule has 0 fully saturated rings. The quantitative estimate of drug-likeness (QED) is 0.810. The maximum absolute atomic E-state index is 12.3. The number of benzene rings is 2. The molecule has 21 heavy (non-hydrogen) atoms. The van der Waals surface area contributed by atoms with Gasteiger partial charge in [0.25, 0.3) is 5.91 Å². The number of fused-ring (bicyclic) bond motifs is 1. The lowest BCUT2D eigenvalue weighted by molar-refractivity contribution is 0.102. The van der Waals surface area contributed by atoms with Crippen LogP contribution < -0.4 is 15.4 Å². The second-order valence-corrected chi connectivity index (χ2v) is 4.89. The molecule has 108 valence electrons. The van der Waals surface area contributed by atoms with E-state index in [1.165, 1.54) is 24.8 Å². The first-order valence-electron chi connectivity index (χ1n) is 6.72. The van der Waals surface area contributed by atoms with E-state index in [2.05, 4.69) is 10.6 Å². The van der Waals surface area contributed by atoms with Gasteiger partial charge in [-0.1, -0.05) is 0 Å². The van der Waals surface area contributed by atoms with E-state index in [0.717, 1.165) is 18.7 Å². The van der Waals surface area contributed by atoms with Gasteiger partial charge in [0, 0.05) is 17.9 Å².